The van der Waals surface area contributed by atoms with Gasteiger partial charge in [-0.1, -0.05) is 328 Å². The maximum absolute atomic E-state index is 17.5. The zero-order valence-corrected chi connectivity index (χ0v) is 70.4. The fourth-order valence-corrected chi connectivity index (χ4v) is 19.6. The van der Waals surface area contributed by atoms with Crippen LogP contribution >= 0.6 is 0 Å². The van der Waals surface area contributed by atoms with E-state index >= 15 is 35.1 Å². The Morgan fingerprint density at radius 2 is 0.371 bits per heavy atom. The Balaban J connectivity index is 0.000000150. The molecule has 0 unspecified atom stereocenters. The molecule has 0 fully saturated rings. The van der Waals surface area contributed by atoms with Crippen LogP contribution < -0.4 is 19.6 Å². The average Bonchev–Trinajstić information content (AvgIpc) is 0.715. The highest BCUT2D eigenvalue weighted by molar-refractivity contribution is 6.30. The predicted molar refractivity (Wildman–Crippen MR) is 530 cm³/mol. The van der Waals surface area contributed by atoms with Gasteiger partial charge in [0.25, 0.3) is 0 Å². The van der Waals surface area contributed by atoms with Gasteiger partial charge in [-0.3, -0.25) is 0 Å². The molecule has 0 aromatic heterocycles. The van der Waals surface area contributed by atoms with Gasteiger partial charge in [0.15, 0.2) is 23.3 Å². The van der Waals surface area contributed by atoms with E-state index in [4.69, 9.17) is 0 Å². The smallest absolute Gasteiger partial charge is 0.158 e. The van der Waals surface area contributed by atoms with Crippen LogP contribution in [0, 0.1) is 46.5 Å². The lowest BCUT2D eigenvalue weighted by Gasteiger charge is -2.31. The maximum Gasteiger partial charge on any atom is 0.158 e. The van der Waals surface area contributed by atoms with E-state index in [0.29, 0.717) is 67.8 Å². The molecule has 24 rings (SSSR count). The van der Waals surface area contributed by atoms with E-state index in [9.17, 15) is 0 Å². The molecule has 0 spiro atoms. The minimum atomic E-state index is -0.722. The van der Waals surface area contributed by atoms with Crippen LogP contribution in [0.15, 0.2) is 437 Å². The molecule has 4 nitrogen and oxygen atoms in total. The summed E-state index contributed by atoms with van der Waals surface area (Å²) >= 11 is 0. The first-order valence-electron chi connectivity index (χ1n) is 43.5. The molecular formula is C120H72F8N4. The molecule has 0 saturated heterocycles. The molecule has 24 aromatic rings. The van der Waals surface area contributed by atoms with Crippen LogP contribution in [0.25, 0.3) is 152 Å². The Morgan fingerprint density at radius 1 is 0.144 bits per heavy atom. The van der Waals surface area contributed by atoms with E-state index in [1.807, 2.05) is 388 Å². The molecule has 0 aliphatic carbocycles. The van der Waals surface area contributed by atoms with E-state index in [2.05, 4.69) is 0 Å². The van der Waals surface area contributed by atoms with Crippen LogP contribution in [0.5, 0.6) is 0 Å². The number of anilines is 12. The third-order valence-electron chi connectivity index (χ3n) is 25.7. The van der Waals surface area contributed by atoms with Gasteiger partial charge in [0.05, 0.1) is 34.1 Å². The van der Waals surface area contributed by atoms with Crippen molar-refractivity contribution in [1.29, 1.82) is 0 Å². The Hall–Kier alpha value is -17.0. The normalized spacial score (nSPS) is 11.6. The van der Waals surface area contributed by atoms with Crippen molar-refractivity contribution in [2.75, 3.05) is 19.6 Å². The summed E-state index contributed by atoms with van der Waals surface area (Å²) in [5.74, 6) is -5.68. The van der Waals surface area contributed by atoms with Gasteiger partial charge in [-0.05, 0) is 207 Å². The fraction of sp³-hybridized carbons (Fsp3) is 0. The molecule has 0 saturated carbocycles. The van der Waals surface area contributed by atoms with Crippen LogP contribution in [0.4, 0.5) is 103 Å². The summed E-state index contributed by atoms with van der Waals surface area (Å²) in [5, 5.41) is 17.1. The lowest BCUT2D eigenvalue weighted by molar-refractivity contribution is 0.587. The minimum absolute atomic E-state index is 0.213. The van der Waals surface area contributed by atoms with Gasteiger partial charge in [-0.15, -0.1) is 0 Å². The number of nitrogens with zero attached hydrogens (tertiary/aromatic N) is 4. The number of halogens is 8. The number of hydrogen-bond acceptors (Lipinski definition) is 4. The molecule has 132 heavy (non-hydrogen) atoms. The lowest BCUT2D eigenvalue weighted by atomic mass is 9.91. The van der Waals surface area contributed by atoms with Gasteiger partial charge >= 0.3 is 0 Å². The van der Waals surface area contributed by atoms with Crippen LogP contribution in [0.3, 0.4) is 0 Å². The summed E-state index contributed by atoms with van der Waals surface area (Å²) in [6.07, 6.45) is 0. The second kappa shape index (κ2) is 32.7. The first-order valence-corrected chi connectivity index (χ1v) is 43.5. The molecule has 0 bridgehead atoms. The van der Waals surface area contributed by atoms with Crippen molar-refractivity contribution in [2.45, 2.75) is 0 Å². The topological polar surface area (TPSA) is 13.0 Å². The third-order valence-corrected chi connectivity index (χ3v) is 25.7. The molecule has 0 aliphatic rings. The highest BCUT2D eigenvalue weighted by Gasteiger charge is 2.34. The van der Waals surface area contributed by atoms with E-state index in [1.54, 1.807) is 19.6 Å². The first kappa shape index (κ1) is 79.7. The van der Waals surface area contributed by atoms with Crippen molar-refractivity contribution in [3.63, 3.8) is 0 Å². The van der Waals surface area contributed by atoms with Gasteiger partial charge in [0, 0.05) is 65.9 Å². The highest BCUT2D eigenvalue weighted by Crippen LogP contribution is 2.55. The largest absolute Gasteiger partial charge is 0.305 e. The number of fused-ring (bicyclic) bond motifs is 4. The van der Waals surface area contributed by atoms with E-state index in [-0.39, 0.29) is 45.0 Å². The molecule has 0 aliphatic heterocycles. The molecule has 0 atom stereocenters. The van der Waals surface area contributed by atoms with Crippen LogP contribution in [0.1, 0.15) is 0 Å². The van der Waals surface area contributed by atoms with Gasteiger partial charge in [-0.25, -0.2) is 35.1 Å². The summed E-state index contributed by atoms with van der Waals surface area (Å²) < 4.78 is 137. The van der Waals surface area contributed by atoms with Crippen LogP contribution in [-0.2, 0) is 0 Å². The summed E-state index contributed by atoms with van der Waals surface area (Å²) in [4.78, 5) is 6.76. The molecular weight excluding hydrogens is 1650 g/mol. The third kappa shape index (κ3) is 13.4. The average molecular weight is 1720 g/mol. The second-order valence-electron chi connectivity index (χ2n) is 33.1. The van der Waals surface area contributed by atoms with Gasteiger partial charge in [0.1, 0.15) is 46.0 Å². The Labute approximate surface area is 753 Å². The maximum atomic E-state index is 17.5. The Kier molecular flexibility index (Phi) is 19.7. The van der Waals surface area contributed by atoms with Crippen molar-refractivity contribution in [1.82, 2.24) is 0 Å². The van der Waals surface area contributed by atoms with E-state index < -0.39 is 46.5 Å². The number of rotatable bonds is 16. The quantitative estimate of drug-likeness (QED) is 0.0706. The number of benzene rings is 24. The lowest BCUT2D eigenvalue weighted by Crippen LogP contribution is -2.16. The Bertz CT molecular complexity index is 8160. The Morgan fingerprint density at radius 3 is 0.674 bits per heavy atom. The minimum Gasteiger partial charge on any atom is -0.305 e. The first-order chi connectivity index (χ1) is 64.8. The second-order valence-corrected chi connectivity index (χ2v) is 33.1. The molecule has 0 radical (unpaired) electrons. The predicted octanol–water partition coefficient (Wildman–Crippen LogP) is 35.4. The summed E-state index contributed by atoms with van der Waals surface area (Å²) in [5.41, 5.74) is 7.25. The van der Waals surface area contributed by atoms with Crippen molar-refractivity contribution in [3.05, 3.63) is 483 Å². The van der Waals surface area contributed by atoms with Crippen LogP contribution in [-0.4, -0.2) is 0 Å². The van der Waals surface area contributed by atoms with E-state index in [1.165, 1.54) is 48.5 Å². The number of hydrogen-bond donors (Lipinski definition) is 0. The van der Waals surface area contributed by atoms with Crippen molar-refractivity contribution in [2.24, 2.45) is 0 Å². The van der Waals surface area contributed by atoms with Gasteiger partial charge in [0.2, 0.25) is 0 Å². The van der Waals surface area contributed by atoms with Crippen LogP contribution in [0.2, 0.25) is 0 Å². The summed E-state index contributed by atoms with van der Waals surface area (Å²) in [7, 11) is 0. The molecule has 0 amide bonds. The molecule has 12 heteroatoms. The SMILES string of the molecule is Fc1ccc(-c2ccccc2)c(F)c1N(c1ccc2ccccc2c1)c1ccc2ccc3c(N(c4ccc5ccccc5c4)c4c(F)ccc(-c5ccccc5)c4F)ccc4ccc1c2c43.Fc1ccc(-c2ccccc2)c(F)c1N(c1cccc2ccccc12)c1ccc2ccc3c(N(c4c(F)ccc(-c5ccccc5)c4F)c4cccc5ccccc45)ccc4ccc1c2c43. The van der Waals surface area contributed by atoms with Gasteiger partial charge < -0.3 is 19.6 Å². The van der Waals surface area contributed by atoms with Gasteiger partial charge in [-0.2, -0.15) is 0 Å². The van der Waals surface area contributed by atoms with Crippen molar-refractivity contribution >= 4 is 176 Å². The van der Waals surface area contributed by atoms with Crippen molar-refractivity contribution < 1.29 is 35.1 Å². The standard InChI is InChI=1S/2C60H36F4N2/c61-49-33-31-45(39-13-3-1-4-14-39)57(63)59(49)65(51-23-11-19-37-17-7-9-21-43(37)51)53-35-27-41-26-30-48-54(36-28-42-25-29-47(53)55(41)56(42)48)66(52-24-12-20-38-18-8-10-22-44(38)52)60-50(62)34-32-46(58(60)64)40-15-5-2-6-16-40;61-51-31-29-47(39-13-3-1-4-14-39)57(63)59(51)65(45-25-19-37-11-7-9-17-43(37)35-45)53-33-23-41-22-28-50-54(34-24-42-21-27-49(53)55(41)56(42)50)66(46-26-20-38-12-8-10-18-44(38)36-46)60-52(62)32-30-48(58(60)64)40-15-5-2-6-16-40/h2*1-36H. The molecule has 0 heterocycles. The molecule has 628 valence electrons. The highest BCUT2D eigenvalue weighted by atomic mass is 19.2. The molecule has 24 aromatic carbocycles. The zero-order chi connectivity index (χ0) is 88.9. The fourth-order valence-electron chi connectivity index (χ4n) is 19.6. The summed E-state index contributed by atoms with van der Waals surface area (Å²) in [6, 6.07) is 134. The zero-order valence-electron chi connectivity index (χ0n) is 70.4. The molecule has 0 N–H and O–H groups in total. The van der Waals surface area contributed by atoms with E-state index in [0.717, 1.165) is 108 Å². The monoisotopic (exact) mass is 1720 g/mol. The van der Waals surface area contributed by atoms with Crippen molar-refractivity contribution in [3.8, 4) is 44.5 Å². The summed E-state index contributed by atoms with van der Waals surface area (Å²) in [6.45, 7) is 0.